The molecule has 0 saturated heterocycles. The number of rotatable bonds is 1. The molecule has 0 saturated carbocycles. The number of fused-ring (bicyclic) bond motifs is 1. The Bertz CT molecular complexity index is 399. The highest BCUT2D eigenvalue weighted by molar-refractivity contribution is 5.93. The standard InChI is InChI=1S/C14H19NO/c1-4-13-10(2)9-12-7-5-6-8-14(12)15(13)11(3)16/h5-8,10,13H,4,9H2,1-3H3/t10?,13-/m0/s1. The molecule has 0 bridgehead atoms. The number of carbonyl (C=O) groups excluding carboxylic acids is 1. The first kappa shape index (κ1) is 11.2. The average molecular weight is 217 g/mol. The monoisotopic (exact) mass is 217 g/mol. The summed E-state index contributed by atoms with van der Waals surface area (Å²) in [6, 6.07) is 8.61. The molecule has 1 heterocycles. The first-order valence-corrected chi connectivity index (χ1v) is 6.02. The van der Waals surface area contributed by atoms with Crippen molar-refractivity contribution >= 4 is 11.6 Å². The molecule has 0 fully saturated rings. The Labute approximate surface area is 97.3 Å². The van der Waals surface area contributed by atoms with Crippen molar-refractivity contribution in [3.8, 4) is 0 Å². The highest BCUT2D eigenvalue weighted by atomic mass is 16.2. The van der Waals surface area contributed by atoms with Gasteiger partial charge >= 0.3 is 0 Å². The molecule has 0 spiro atoms. The predicted octanol–water partition coefficient (Wildman–Crippen LogP) is 3.01. The molecule has 0 radical (unpaired) electrons. The third-order valence-corrected chi connectivity index (χ3v) is 3.54. The summed E-state index contributed by atoms with van der Waals surface area (Å²) in [5.74, 6) is 0.703. The summed E-state index contributed by atoms with van der Waals surface area (Å²) in [5, 5.41) is 0. The lowest BCUT2D eigenvalue weighted by Gasteiger charge is -2.40. The van der Waals surface area contributed by atoms with E-state index in [1.165, 1.54) is 5.56 Å². The van der Waals surface area contributed by atoms with Gasteiger partial charge in [0.2, 0.25) is 5.91 Å². The summed E-state index contributed by atoms with van der Waals surface area (Å²) < 4.78 is 0. The lowest BCUT2D eigenvalue weighted by atomic mass is 9.85. The van der Waals surface area contributed by atoms with Crippen molar-refractivity contribution in [3.05, 3.63) is 29.8 Å². The van der Waals surface area contributed by atoms with E-state index < -0.39 is 0 Å². The summed E-state index contributed by atoms with van der Waals surface area (Å²) in [5.41, 5.74) is 2.41. The number of hydrogen-bond donors (Lipinski definition) is 0. The van der Waals surface area contributed by atoms with E-state index in [9.17, 15) is 4.79 Å². The highest BCUT2D eigenvalue weighted by Crippen LogP contribution is 2.34. The molecule has 2 rings (SSSR count). The maximum Gasteiger partial charge on any atom is 0.224 e. The Hall–Kier alpha value is -1.31. The Morgan fingerprint density at radius 2 is 2.12 bits per heavy atom. The van der Waals surface area contributed by atoms with Gasteiger partial charge in [-0.05, 0) is 30.4 Å². The van der Waals surface area contributed by atoms with E-state index in [0.717, 1.165) is 18.5 Å². The van der Waals surface area contributed by atoms with Crippen molar-refractivity contribution in [2.45, 2.75) is 39.7 Å². The molecule has 86 valence electrons. The molecular weight excluding hydrogens is 198 g/mol. The Kier molecular flexibility index (Phi) is 2.99. The fourth-order valence-electron chi connectivity index (χ4n) is 2.82. The van der Waals surface area contributed by atoms with Crippen LogP contribution >= 0.6 is 0 Å². The van der Waals surface area contributed by atoms with E-state index in [4.69, 9.17) is 0 Å². The SMILES string of the molecule is CC[C@H]1C(C)Cc2ccccc2N1C(C)=O. The third kappa shape index (κ3) is 1.73. The van der Waals surface area contributed by atoms with Crippen LogP contribution in [-0.4, -0.2) is 11.9 Å². The van der Waals surface area contributed by atoms with E-state index in [-0.39, 0.29) is 5.91 Å². The number of para-hydroxylation sites is 1. The molecule has 2 nitrogen and oxygen atoms in total. The van der Waals surface area contributed by atoms with Crippen LogP contribution < -0.4 is 4.90 Å². The number of carbonyl (C=O) groups is 1. The van der Waals surface area contributed by atoms with Gasteiger partial charge < -0.3 is 4.90 Å². The highest BCUT2D eigenvalue weighted by Gasteiger charge is 2.32. The second-order valence-corrected chi connectivity index (χ2v) is 4.67. The average Bonchev–Trinajstić information content (AvgIpc) is 2.26. The largest absolute Gasteiger partial charge is 0.309 e. The van der Waals surface area contributed by atoms with Crippen molar-refractivity contribution < 1.29 is 4.79 Å². The van der Waals surface area contributed by atoms with Crippen molar-refractivity contribution in [1.82, 2.24) is 0 Å². The topological polar surface area (TPSA) is 20.3 Å². The second kappa shape index (κ2) is 4.28. The van der Waals surface area contributed by atoms with Crippen molar-refractivity contribution in [1.29, 1.82) is 0 Å². The smallest absolute Gasteiger partial charge is 0.224 e. The lowest BCUT2D eigenvalue weighted by molar-refractivity contribution is -0.117. The molecule has 0 aromatic heterocycles. The molecule has 1 amide bonds. The van der Waals surface area contributed by atoms with Gasteiger partial charge in [0, 0.05) is 18.7 Å². The van der Waals surface area contributed by atoms with Crippen LogP contribution in [0.4, 0.5) is 5.69 Å². The maximum absolute atomic E-state index is 11.8. The quantitative estimate of drug-likeness (QED) is 0.708. The minimum atomic E-state index is 0.158. The predicted molar refractivity (Wildman–Crippen MR) is 66.5 cm³/mol. The van der Waals surface area contributed by atoms with E-state index in [1.54, 1.807) is 6.92 Å². The Morgan fingerprint density at radius 1 is 1.44 bits per heavy atom. The number of anilines is 1. The van der Waals surface area contributed by atoms with Gasteiger partial charge in [-0.2, -0.15) is 0 Å². The van der Waals surface area contributed by atoms with Gasteiger partial charge in [0.05, 0.1) is 0 Å². The van der Waals surface area contributed by atoms with Gasteiger partial charge in [-0.25, -0.2) is 0 Å². The van der Waals surface area contributed by atoms with E-state index in [2.05, 4.69) is 32.0 Å². The fourth-order valence-corrected chi connectivity index (χ4v) is 2.82. The van der Waals surface area contributed by atoms with Crippen LogP contribution in [0.15, 0.2) is 24.3 Å². The number of nitrogens with zero attached hydrogens (tertiary/aromatic N) is 1. The first-order valence-electron chi connectivity index (χ1n) is 6.02. The van der Waals surface area contributed by atoms with Gasteiger partial charge in [0.25, 0.3) is 0 Å². The summed E-state index contributed by atoms with van der Waals surface area (Å²) in [7, 11) is 0. The van der Waals surface area contributed by atoms with Crippen LogP contribution in [0.1, 0.15) is 32.8 Å². The molecular formula is C14H19NO. The summed E-state index contributed by atoms with van der Waals surface area (Å²) in [6.45, 7) is 6.06. The molecule has 1 aromatic rings. The Morgan fingerprint density at radius 3 is 2.75 bits per heavy atom. The summed E-state index contributed by atoms with van der Waals surface area (Å²) in [6.07, 6.45) is 2.10. The molecule has 1 aromatic carbocycles. The minimum Gasteiger partial charge on any atom is -0.309 e. The van der Waals surface area contributed by atoms with Crippen LogP contribution in [0.3, 0.4) is 0 Å². The van der Waals surface area contributed by atoms with Gasteiger partial charge in [0.1, 0.15) is 0 Å². The van der Waals surface area contributed by atoms with Crippen LogP contribution in [0.2, 0.25) is 0 Å². The van der Waals surface area contributed by atoms with Crippen molar-refractivity contribution in [2.24, 2.45) is 5.92 Å². The van der Waals surface area contributed by atoms with E-state index >= 15 is 0 Å². The minimum absolute atomic E-state index is 0.158. The second-order valence-electron chi connectivity index (χ2n) is 4.67. The zero-order chi connectivity index (χ0) is 11.7. The molecule has 2 atom stereocenters. The van der Waals surface area contributed by atoms with Gasteiger partial charge in [-0.15, -0.1) is 0 Å². The van der Waals surface area contributed by atoms with Crippen LogP contribution in [0.25, 0.3) is 0 Å². The fraction of sp³-hybridized carbons (Fsp3) is 0.500. The van der Waals surface area contributed by atoms with Crippen molar-refractivity contribution in [2.75, 3.05) is 4.90 Å². The summed E-state index contributed by atoms with van der Waals surface area (Å²) >= 11 is 0. The molecule has 0 aliphatic carbocycles. The van der Waals surface area contributed by atoms with Crippen LogP contribution in [-0.2, 0) is 11.2 Å². The van der Waals surface area contributed by atoms with Crippen LogP contribution in [0, 0.1) is 5.92 Å². The lowest BCUT2D eigenvalue weighted by Crippen LogP contribution is -2.46. The van der Waals surface area contributed by atoms with Crippen LogP contribution in [0.5, 0.6) is 0 Å². The zero-order valence-corrected chi connectivity index (χ0v) is 10.2. The molecule has 1 aliphatic heterocycles. The summed E-state index contributed by atoms with van der Waals surface area (Å²) in [4.78, 5) is 13.8. The molecule has 1 unspecified atom stereocenters. The molecule has 2 heteroatoms. The zero-order valence-electron chi connectivity index (χ0n) is 10.2. The van der Waals surface area contributed by atoms with E-state index in [0.29, 0.717) is 12.0 Å². The molecule has 16 heavy (non-hydrogen) atoms. The first-order chi connectivity index (χ1) is 7.65. The van der Waals surface area contributed by atoms with Crippen molar-refractivity contribution in [3.63, 3.8) is 0 Å². The molecule has 0 N–H and O–H groups in total. The Balaban J connectivity index is 2.48. The van der Waals surface area contributed by atoms with Gasteiger partial charge in [0.15, 0.2) is 0 Å². The number of hydrogen-bond acceptors (Lipinski definition) is 1. The van der Waals surface area contributed by atoms with Gasteiger partial charge in [-0.3, -0.25) is 4.79 Å². The van der Waals surface area contributed by atoms with Gasteiger partial charge in [-0.1, -0.05) is 32.0 Å². The van der Waals surface area contributed by atoms with E-state index in [1.807, 2.05) is 11.0 Å². The number of benzene rings is 1. The maximum atomic E-state index is 11.8. The number of amides is 1. The molecule has 1 aliphatic rings. The normalized spacial score (nSPS) is 24.1. The third-order valence-electron chi connectivity index (χ3n) is 3.54.